The lowest BCUT2D eigenvalue weighted by Gasteiger charge is -2.10. The normalized spacial score (nSPS) is 14.1. The summed E-state index contributed by atoms with van der Waals surface area (Å²) in [7, 11) is 1.69. The SMILES string of the molecule is COc1cc2c(cc1CCO)CCC2. The lowest BCUT2D eigenvalue weighted by Crippen LogP contribution is -1.98. The summed E-state index contributed by atoms with van der Waals surface area (Å²) in [5, 5.41) is 8.93. The fourth-order valence-corrected chi connectivity index (χ4v) is 2.16. The zero-order valence-electron chi connectivity index (χ0n) is 8.55. The Morgan fingerprint density at radius 1 is 1.29 bits per heavy atom. The molecule has 0 bridgehead atoms. The molecule has 0 saturated heterocycles. The van der Waals surface area contributed by atoms with Crippen LogP contribution in [0, 0.1) is 0 Å². The molecule has 1 aliphatic rings. The van der Waals surface area contributed by atoms with Crippen molar-refractivity contribution >= 4 is 0 Å². The fraction of sp³-hybridized carbons (Fsp3) is 0.500. The molecule has 0 aliphatic heterocycles. The zero-order chi connectivity index (χ0) is 9.97. The number of rotatable bonds is 3. The number of hydrogen-bond donors (Lipinski definition) is 1. The summed E-state index contributed by atoms with van der Waals surface area (Å²) in [5.41, 5.74) is 3.99. The molecule has 2 heteroatoms. The van der Waals surface area contributed by atoms with E-state index in [0.717, 1.165) is 11.3 Å². The van der Waals surface area contributed by atoms with Gasteiger partial charge in [-0.05, 0) is 48.4 Å². The molecule has 14 heavy (non-hydrogen) atoms. The van der Waals surface area contributed by atoms with Crippen molar-refractivity contribution in [1.29, 1.82) is 0 Å². The van der Waals surface area contributed by atoms with Crippen molar-refractivity contribution in [2.75, 3.05) is 13.7 Å². The van der Waals surface area contributed by atoms with Crippen molar-refractivity contribution in [3.8, 4) is 5.75 Å². The van der Waals surface area contributed by atoms with E-state index in [1.807, 2.05) is 0 Å². The minimum Gasteiger partial charge on any atom is -0.496 e. The topological polar surface area (TPSA) is 29.5 Å². The summed E-state index contributed by atoms with van der Waals surface area (Å²) >= 11 is 0. The lowest BCUT2D eigenvalue weighted by atomic mass is 10.0. The Bertz CT molecular complexity index is 331. The molecule has 1 aromatic rings. The maximum absolute atomic E-state index is 8.93. The first-order chi connectivity index (χ1) is 6.85. The molecule has 1 aliphatic carbocycles. The molecule has 1 aromatic carbocycles. The van der Waals surface area contributed by atoms with Crippen LogP contribution in [0.5, 0.6) is 5.75 Å². The standard InChI is InChI=1S/C12H16O2/c1-14-12-8-10-4-2-3-9(10)7-11(12)5-6-13/h7-8,13H,2-6H2,1H3. The number of hydrogen-bond acceptors (Lipinski definition) is 2. The Kier molecular flexibility index (Phi) is 2.73. The third-order valence-electron chi connectivity index (χ3n) is 2.88. The van der Waals surface area contributed by atoms with Crippen LogP contribution in [0.3, 0.4) is 0 Å². The Hall–Kier alpha value is -1.02. The van der Waals surface area contributed by atoms with Crippen molar-refractivity contribution < 1.29 is 9.84 Å². The summed E-state index contributed by atoms with van der Waals surface area (Å²) in [6, 6.07) is 4.32. The van der Waals surface area contributed by atoms with E-state index in [1.165, 1.54) is 30.4 Å². The molecule has 0 fully saturated rings. The highest BCUT2D eigenvalue weighted by Gasteiger charge is 2.14. The van der Waals surface area contributed by atoms with Gasteiger partial charge in [-0.1, -0.05) is 6.07 Å². The first-order valence-electron chi connectivity index (χ1n) is 5.14. The molecule has 0 saturated carbocycles. The van der Waals surface area contributed by atoms with Gasteiger partial charge in [-0.25, -0.2) is 0 Å². The van der Waals surface area contributed by atoms with Crippen LogP contribution in [0.15, 0.2) is 12.1 Å². The maximum Gasteiger partial charge on any atom is 0.122 e. The molecule has 2 rings (SSSR count). The molecule has 0 heterocycles. The fourth-order valence-electron chi connectivity index (χ4n) is 2.16. The average Bonchev–Trinajstić information content (AvgIpc) is 2.64. The molecular formula is C12H16O2. The molecule has 0 amide bonds. The van der Waals surface area contributed by atoms with E-state index in [2.05, 4.69) is 12.1 Å². The minimum atomic E-state index is 0.190. The number of aliphatic hydroxyl groups is 1. The third kappa shape index (κ3) is 1.62. The Morgan fingerprint density at radius 3 is 2.64 bits per heavy atom. The summed E-state index contributed by atoms with van der Waals surface area (Å²) < 4.78 is 5.31. The summed E-state index contributed by atoms with van der Waals surface area (Å²) in [5.74, 6) is 0.930. The number of benzene rings is 1. The van der Waals surface area contributed by atoms with Crippen LogP contribution in [0.25, 0.3) is 0 Å². The predicted octanol–water partition coefficient (Wildman–Crippen LogP) is 1.72. The highest BCUT2D eigenvalue weighted by Crippen LogP contribution is 2.29. The van der Waals surface area contributed by atoms with Crippen molar-refractivity contribution in [2.45, 2.75) is 25.7 Å². The van der Waals surface area contributed by atoms with Crippen LogP contribution in [0.2, 0.25) is 0 Å². The summed E-state index contributed by atoms with van der Waals surface area (Å²) in [6.07, 6.45) is 4.29. The maximum atomic E-state index is 8.93. The minimum absolute atomic E-state index is 0.190. The van der Waals surface area contributed by atoms with Gasteiger partial charge < -0.3 is 9.84 Å². The smallest absolute Gasteiger partial charge is 0.122 e. The van der Waals surface area contributed by atoms with Gasteiger partial charge in [0.05, 0.1) is 7.11 Å². The van der Waals surface area contributed by atoms with Crippen LogP contribution in [0.4, 0.5) is 0 Å². The summed E-state index contributed by atoms with van der Waals surface area (Å²) in [4.78, 5) is 0. The van der Waals surface area contributed by atoms with E-state index in [9.17, 15) is 0 Å². The van der Waals surface area contributed by atoms with Crippen LogP contribution in [-0.4, -0.2) is 18.8 Å². The van der Waals surface area contributed by atoms with Crippen molar-refractivity contribution in [1.82, 2.24) is 0 Å². The van der Waals surface area contributed by atoms with Crippen molar-refractivity contribution in [3.63, 3.8) is 0 Å². The zero-order valence-corrected chi connectivity index (χ0v) is 8.55. The largest absolute Gasteiger partial charge is 0.496 e. The van der Waals surface area contributed by atoms with E-state index in [0.29, 0.717) is 6.42 Å². The van der Waals surface area contributed by atoms with Crippen molar-refractivity contribution in [3.05, 3.63) is 28.8 Å². The van der Waals surface area contributed by atoms with E-state index in [-0.39, 0.29) is 6.61 Å². The predicted molar refractivity (Wildman–Crippen MR) is 55.8 cm³/mol. The monoisotopic (exact) mass is 192 g/mol. The van der Waals surface area contributed by atoms with Gasteiger partial charge in [0.2, 0.25) is 0 Å². The molecule has 76 valence electrons. The quantitative estimate of drug-likeness (QED) is 0.790. The van der Waals surface area contributed by atoms with Gasteiger partial charge in [0.1, 0.15) is 5.75 Å². The molecule has 0 radical (unpaired) electrons. The highest BCUT2D eigenvalue weighted by atomic mass is 16.5. The Labute approximate surface area is 84.5 Å². The molecule has 0 atom stereocenters. The average molecular weight is 192 g/mol. The second-order valence-corrected chi connectivity index (χ2v) is 3.76. The van der Waals surface area contributed by atoms with E-state index in [1.54, 1.807) is 7.11 Å². The van der Waals surface area contributed by atoms with Gasteiger partial charge in [-0.15, -0.1) is 0 Å². The second-order valence-electron chi connectivity index (χ2n) is 3.76. The first kappa shape index (κ1) is 9.53. The Morgan fingerprint density at radius 2 is 2.00 bits per heavy atom. The van der Waals surface area contributed by atoms with E-state index < -0.39 is 0 Å². The number of fused-ring (bicyclic) bond motifs is 1. The highest BCUT2D eigenvalue weighted by molar-refractivity contribution is 5.44. The van der Waals surface area contributed by atoms with Gasteiger partial charge in [-0.2, -0.15) is 0 Å². The molecule has 0 spiro atoms. The number of ether oxygens (including phenoxy) is 1. The van der Waals surface area contributed by atoms with E-state index in [4.69, 9.17) is 9.84 Å². The van der Waals surface area contributed by atoms with Crippen LogP contribution in [-0.2, 0) is 19.3 Å². The van der Waals surface area contributed by atoms with Gasteiger partial charge in [0, 0.05) is 6.61 Å². The van der Waals surface area contributed by atoms with Gasteiger partial charge in [0.15, 0.2) is 0 Å². The Balaban J connectivity index is 2.38. The summed E-state index contributed by atoms with van der Waals surface area (Å²) in [6.45, 7) is 0.190. The van der Waals surface area contributed by atoms with Crippen molar-refractivity contribution in [2.24, 2.45) is 0 Å². The lowest BCUT2D eigenvalue weighted by molar-refractivity contribution is 0.296. The van der Waals surface area contributed by atoms with Gasteiger partial charge in [-0.3, -0.25) is 0 Å². The molecule has 0 aromatic heterocycles. The molecule has 1 N–H and O–H groups in total. The van der Waals surface area contributed by atoms with Crippen LogP contribution in [0.1, 0.15) is 23.1 Å². The number of methoxy groups -OCH3 is 1. The van der Waals surface area contributed by atoms with E-state index >= 15 is 0 Å². The molecule has 2 nitrogen and oxygen atoms in total. The van der Waals surface area contributed by atoms with Gasteiger partial charge >= 0.3 is 0 Å². The number of aryl methyl sites for hydroxylation is 2. The molecule has 0 unspecified atom stereocenters. The van der Waals surface area contributed by atoms with Gasteiger partial charge in [0.25, 0.3) is 0 Å². The molecular weight excluding hydrogens is 176 g/mol. The number of aliphatic hydroxyl groups excluding tert-OH is 1. The first-order valence-corrected chi connectivity index (χ1v) is 5.14. The van der Waals surface area contributed by atoms with Crippen LogP contribution >= 0.6 is 0 Å². The third-order valence-corrected chi connectivity index (χ3v) is 2.88. The second kappa shape index (κ2) is 4.01. The van der Waals surface area contributed by atoms with Crippen LogP contribution < -0.4 is 4.74 Å².